The van der Waals surface area contributed by atoms with E-state index in [0.29, 0.717) is 37.7 Å². The Bertz CT molecular complexity index is 1250. The number of rotatable bonds is 9. The highest BCUT2D eigenvalue weighted by atomic mass is 35.5. The molecule has 0 atom stereocenters. The molecule has 0 fully saturated rings. The highest BCUT2D eigenvalue weighted by molar-refractivity contribution is 7.16. The molecule has 2 aromatic carbocycles. The lowest BCUT2D eigenvalue weighted by Crippen LogP contribution is -2.12. The lowest BCUT2D eigenvalue weighted by atomic mass is 10.1. The molecule has 0 bridgehead atoms. The smallest absolute Gasteiger partial charge is 0.341 e. The van der Waals surface area contributed by atoms with Crippen LogP contribution in [0.2, 0.25) is 10.0 Å². The van der Waals surface area contributed by atoms with Crippen LogP contribution in [0.3, 0.4) is 0 Å². The number of amides is 1. The van der Waals surface area contributed by atoms with Crippen LogP contribution in [0.25, 0.3) is 6.08 Å². The second-order valence-corrected chi connectivity index (χ2v) is 9.47. The Labute approximate surface area is 218 Å². The number of benzene rings is 2. The van der Waals surface area contributed by atoms with E-state index < -0.39 is 5.97 Å². The van der Waals surface area contributed by atoms with Gasteiger partial charge in [0.15, 0.2) is 11.5 Å². The molecular formula is C26H25Cl2NO5S. The molecule has 184 valence electrons. The van der Waals surface area contributed by atoms with Gasteiger partial charge in [-0.1, -0.05) is 35.3 Å². The second kappa shape index (κ2) is 12.1. The maximum Gasteiger partial charge on any atom is 0.341 e. The third-order valence-corrected chi connectivity index (χ3v) is 6.98. The van der Waals surface area contributed by atoms with Gasteiger partial charge < -0.3 is 19.5 Å². The maximum atomic E-state index is 12.6. The largest absolute Gasteiger partial charge is 0.493 e. The van der Waals surface area contributed by atoms with Gasteiger partial charge in [0.1, 0.15) is 11.6 Å². The highest BCUT2D eigenvalue weighted by Gasteiger charge is 2.21. The fourth-order valence-electron chi connectivity index (χ4n) is 3.22. The Balaban J connectivity index is 1.71. The normalized spacial score (nSPS) is 10.9. The number of aryl methyl sites for hydroxylation is 1. The van der Waals surface area contributed by atoms with Gasteiger partial charge >= 0.3 is 5.97 Å². The molecule has 0 aliphatic heterocycles. The van der Waals surface area contributed by atoms with Gasteiger partial charge in [-0.3, -0.25) is 4.79 Å². The predicted molar refractivity (Wildman–Crippen MR) is 141 cm³/mol. The standard InChI is InChI=1S/C26H25Cl2NO5S/c1-5-33-26(31)24-15(2)16(3)35-25(24)29-23(30)12-10-17-9-11-21(22(13-17)32-4)34-14-18-19(27)7-6-8-20(18)28/h6-13H,5,14H2,1-4H3,(H,29,30)/b12-10+. The number of hydrogen-bond donors (Lipinski definition) is 1. The Hall–Kier alpha value is -3.00. The predicted octanol–water partition coefficient (Wildman–Crippen LogP) is 7.09. The van der Waals surface area contributed by atoms with E-state index in [4.69, 9.17) is 37.4 Å². The first kappa shape index (κ1) is 26.6. The SMILES string of the molecule is CCOC(=O)c1c(NC(=O)/C=C/c2ccc(OCc3c(Cl)cccc3Cl)c(OC)c2)sc(C)c1C. The van der Waals surface area contributed by atoms with Crippen LogP contribution in [-0.2, 0) is 16.1 Å². The van der Waals surface area contributed by atoms with Crippen molar-refractivity contribution in [1.29, 1.82) is 0 Å². The number of methoxy groups -OCH3 is 1. The van der Waals surface area contributed by atoms with Gasteiger partial charge in [0, 0.05) is 26.6 Å². The molecule has 0 saturated heterocycles. The number of ether oxygens (including phenoxy) is 3. The zero-order valence-electron chi connectivity index (χ0n) is 19.7. The second-order valence-electron chi connectivity index (χ2n) is 7.43. The van der Waals surface area contributed by atoms with Gasteiger partial charge in [0.25, 0.3) is 0 Å². The monoisotopic (exact) mass is 533 g/mol. The highest BCUT2D eigenvalue weighted by Crippen LogP contribution is 2.34. The van der Waals surface area contributed by atoms with Crippen molar-refractivity contribution in [2.75, 3.05) is 19.0 Å². The van der Waals surface area contributed by atoms with Crippen molar-refractivity contribution in [3.63, 3.8) is 0 Å². The summed E-state index contributed by atoms with van der Waals surface area (Å²) in [7, 11) is 1.53. The number of hydrogen-bond acceptors (Lipinski definition) is 6. The minimum Gasteiger partial charge on any atom is -0.493 e. The Morgan fingerprint density at radius 2 is 1.80 bits per heavy atom. The zero-order chi connectivity index (χ0) is 25.5. The van der Waals surface area contributed by atoms with Gasteiger partial charge in [0.05, 0.1) is 19.3 Å². The molecule has 1 N–H and O–H groups in total. The average Bonchev–Trinajstić information content (AvgIpc) is 3.10. The Morgan fingerprint density at radius 3 is 2.46 bits per heavy atom. The molecule has 1 aromatic heterocycles. The number of carbonyl (C=O) groups excluding carboxylic acids is 2. The first-order valence-electron chi connectivity index (χ1n) is 10.7. The summed E-state index contributed by atoms with van der Waals surface area (Å²) in [6.45, 7) is 5.90. The van der Waals surface area contributed by atoms with Crippen LogP contribution in [0.15, 0.2) is 42.5 Å². The molecule has 3 aromatic rings. The van der Waals surface area contributed by atoms with E-state index in [-0.39, 0.29) is 19.1 Å². The van der Waals surface area contributed by atoms with E-state index in [1.165, 1.54) is 24.5 Å². The Kier molecular flexibility index (Phi) is 9.20. The van der Waals surface area contributed by atoms with E-state index in [2.05, 4.69) is 5.32 Å². The van der Waals surface area contributed by atoms with Crippen molar-refractivity contribution < 1.29 is 23.8 Å². The fourth-order valence-corrected chi connectivity index (χ4v) is 4.77. The minimum absolute atomic E-state index is 0.176. The number of carbonyl (C=O) groups is 2. The summed E-state index contributed by atoms with van der Waals surface area (Å²) in [5.74, 6) is 0.176. The van der Waals surface area contributed by atoms with E-state index in [0.717, 1.165) is 16.0 Å². The van der Waals surface area contributed by atoms with Gasteiger partial charge in [-0.15, -0.1) is 11.3 Å². The number of anilines is 1. The van der Waals surface area contributed by atoms with Crippen molar-refractivity contribution >= 4 is 57.5 Å². The molecule has 0 saturated carbocycles. The van der Waals surface area contributed by atoms with Crippen LogP contribution in [0.5, 0.6) is 11.5 Å². The van der Waals surface area contributed by atoms with E-state index in [9.17, 15) is 9.59 Å². The third-order valence-electron chi connectivity index (χ3n) is 5.15. The maximum absolute atomic E-state index is 12.6. The summed E-state index contributed by atoms with van der Waals surface area (Å²) >= 11 is 13.8. The molecule has 0 spiro atoms. The van der Waals surface area contributed by atoms with Crippen molar-refractivity contribution in [3.05, 3.63) is 79.7 Å². The van der Waals surface area contributed by atoms with Crippen LogP contribution >= 0.6 is 34.5 Å². The molecular weight excluding hydrogens is 509 g/mol. The van der Waals surface area contributed by atoms with E-state index in [1.807, 2.05) is 13.8 Å². The van der Waals surface area contributed by atoms with Crippen molar-refractivity contribution in [2.45, 2.75) is 27.4 Å². The molecule has 6 nitrogen and oxygen atoms in total. The molecule has 0 radical (unpaired) electrons. The molecule has 9 heteroatoms. The lowest BCUT2D eigenvalue weighted by Gasteiger charge is -2.13. The lowest BCUT2D eigenvalue weighted by molar-refractivity contribution is -0.111. The molecule has 1 heterocycles. The summed E-state index contributed by atoms with van der Waals surface area (Å²) < 4.78 is 16.4. The summed E-state index contributed by atoms with van der Waals surface area (Å²) in [4.78, 5) is 25.8. The fraction of sp³-hybridized carbons (Fsp3) is 0.231. The number of esters is 1. The molecule has 35 heavy (non-hydrogen) atoms. The number of nitrogens with one attached hydrogen (secondary N) is 1. The Morgan fingerprint density at radius 1 is 1.09 bits per heavy atom. The van der Waals surface area contributed by atoms with Crippen molar-refractivity contribution in [2.24, 2.45) is 0 Å². The van der Waals surface area contributed by atoms with Crippen molar-refractivity contribution in [3.8, 4) is 11.5 Å². The summed E-state index contributed by atoms with van der Waals surface area (Å²) in [6.07, 6.45) is 3.03. The van der Waals surface area contributed by atoms with Gasteiger partial charge in [-0.25, -0.2) is 4.79 Å². The minimum atomic E-state index is -0.452. The molecule has 3 rings (SSSR count). The molecule has 0 unspecified atom stereocenters. The summed E-state index contributed by atoms with van der Waals surface area (Å²) in [5.41, 5.74) is 2.59. The van der Waals surface area contributed by atoms with Crippen molar-refractivity contribution in [1.82, 2.24) is 0 Å². The quantitative estimate of drug-likeness (QED) is 0.234. The van der Waals surface area contributed by atoms with Crippen LogP contribution < -0.4 is 14.8 Å². The molecule has 1 amide bonds. The third kappa shape index (κ3) is 6.57. The van der Waals surface area contributed by atoms with Crippen LogP contribution in [0.1, 0.15) is 38.8 Å². The van der Waals surface area contributed by atoms with Gasteiger partial charge in [-0.2, -0.15) is 0 Å². The first-order valence-corrected chi connectivity index (χ1v) is 12.3. The van der Waals surface area contributed by atoms with Gasteiger partial charge in [0.2, 0.25) is 5.91 Å². The van der Waals surface area contributed by atoms with Gasteiger partial charge in [-0.05, 0) is 62.2 Å². The summed E-state index contributed by atoms with van der Waals surface area (Å²) in [5, 5.41) is 4.28. The molecule has 0 aliphatic rings. The van der Waals surface area contributed by atoms with Crippen LogP contribution in [0.4, 0.5) is 5.00 Å². The summed E-state index contributed by atoms with van der Waals surface area (Å²) in [6, 6.07) is 10.5. The topological polar surface area (TPSA) is 73.9 Å². The zero-order valence-corrected chi connectivity index (χ0v) is 22.1. The van der Waals surface area contributed by atoms with E-state index in [1.54, 1.807) is 49.4 Å². The van der Waals surface area contributed by atoms with Crippen LogP contribution in [0, 0.1) is 13.8 Å². The van der Waals surface area contributed by atoms with E-state index >= 15 is 0 Å². The first-order chi connectivity index (χ1) is 16.7. The average molecular weight is 534 g/mol. The number of thiophene rings is 1. The van der Waals surface area contributed by atoms with Crippen LogP contribution in [-0.4, -0.2) is 25.6 Å². The molecule has 0 aliphatic carbocycles. The number of halogens is 2.